The number of nitrogens with one attached hydrogen (secondary N) is 2. The third-order valence-electron chi connectivity index (χ3n) is 2.74. The van der Waals surface area contributed by atoms with Gasteiger partial charge in [-0.3, -0.25) is 4.79 Å². The molecule has 0 aliphatic heterocycles. The molecule has 16 heavy (non-hydrogen) atoms. The molecular weight excluding hydrogens is 200 g/mol. The zero-order valence-electron chi connectivity index (χ0n) is 10.2. The van der Waals surface area contributed by atoms with Gasteiger partial charge in [0.25, 0.3) is 0 Å². The summed E-state index contributed by atoms with van der Waals surface area (Å²) in [5, 5.41) is 5.76. The molecule has 0 fully saturated rings. The van der Waals surface area contributed by atoms with Crippen LogP contribution in [0.15, 0.2) is 24.3 Å². The number of hydrogen-bond acceptors (Lipinski definition) is 2. The van der Waals surface area contributed by atoms with Crippen molar-refractivity contribution in [3.63, 3.8) is 0 Å². The van der Waals surface area contributed by atoms with E-state index >= 15 is 0 Å². The van der Waals surface area contributed by atoms with Gasteiger partial charge >= 0.3 is 0 Å². The van der Waals surface area contributed by atoms with Gasteiger partial charge in [-0.05, 0) is 24.5 Å². The molecule has 0 heterocycles. The first kappa shape index (κ1) is 12.7. The number of amides is 1. The van der Waals surface area contributed by atoms with Gasteiger partial charge in [0.15, 0.2) is 0 Å². The first-order chi connectivity index (χ1) is 7.67. The van der Waals surface area contributed by atoms with Gasteiger partial charge in [0.2, 0.25) is 5.91 Å². The molecule has 0 saturated heterocycles. The van der Waals surface area contributed by atoms with Crippen molar-refractivity contribution >= 4 is 5.91 Å². The van der Waals surface area contributed by atoms with Gasteiger partial charge in [0.05, 0.1) is 6.54 Å². The van der Waals surface area contributed by atoms with Crippen molar-refractivity contribution in [2.24, 2.45) is 0 Å². The molecule has 1 atom stereocenters. The van der Waals surface area contributed by atoms with E-state index in [4.69, 9.17) is 0 Å². The summed E-state index contributed by atoms with van der Waals surface area (Å²) < 4.78 is 0. The summed E-state index contributed by atoms with van der Waals surface area (Å²) >= 11 is 0. The zero-order valence-corrected chi connectivity index (χ0v) is 10.2. The van der Waals surface area contributed by atoms with Crippen molar-refractivity contribution in [1.82, 2.24) is 10.6 Å². The molecular formula is C13H20N2O. The van der Waals surface area contributed by atoms with Gasteiger partial charge < -0.3 is 10.6 Å². The Morgan fingerprint density at radius 3 is 2.44 bits per heavy atom. The largest absolute Gasteiger partial charge is 0.358 e. The monoisotopic (exact) mass is 220 g/mol. The molecule has 0 spiro atoms. The van der Waals surface area contributed by atoms with E-state index in [9.17, 15) is 4.79 Å². The second kappa shape index (κ2) is 6.28. The Labute approximate surface area is 97.2 Å². The van der Waals surface area contributed by atoms with Gasteiger partial charge in [0.1, 0.15) is 0 Å². The number of aryl methyl sites for hydroxylation is 1. The Balaban J connectivity index is 2.52. The highest BCUT2D eigenvalue weighted by Crippen LogP contribution is 2.13. The highest BCUT2D eigenvalue weighted by Gasteiger charge is 2.06. The fraction of sp³-hybridized carbons (Fsp3) is 0.462. The van der Waals surface area contributed by atoms with Crippen molar-refractivity contribution in [1.29, 1.82) is 0 Å². The first-order valence-electron chi connectivity index (χ1n) is 5.70. The number of benzene rings is 1. The van der Waals surface area contributed by atoms with Crippen molar-refractivity contribution in [2.45, 2.75) is 26.3 Å². The molecule has 1 unspecified atom stereocenters. The van der Waals surface area contributed by atoms with E-state index in [2.05, 4.69) is 48.7 Å². The molecule has 1 aromatic rings. The Bertz CT molecular complexity index is 332. The van der Waals surface area contributed by atoms with Gasteiger partial charge in [-0.25, -0.2) is 0 Å². The number of hydrogen-bond donors (Lipinski definition) is 2. The highest BCUT2D eigenvalue weighted by molar-refractivity contribution is 5.77. The lowest BCUT2D eigenvalue weighted by Crippen LogP contribution is -2.32. The third kappa shape index (κ3) is 3.66. The summed E-state index contributed by atoms with van der Waals surface area (Å²) in [5.74, 6) is 0.0111. The summed E-state index contributed by atoms with van der Waals surface area (Å²) in [5.41, 5.74) is 2.54. The number of rotatable bonds is 5. The van der Waals surface area contributed by atoms with Crippen LogP contribution in [0.1, 0.15) is 31.0 Å². The lowest BCUT2D eigenvalue weighted by atomic mass is 10.1. The normalized spacial score (nSPS) is 12.2. The quantitative estimate of drug-likeness (QED) is 0.792. The summed E-state index contributed by atoms with van der Waals surface area (Å²) in [4.78, 5) is 11.1. The molecule has 1 aromatic carbocycles. The molecule has 0 radical (unpaired) electrons. The van der Waals surface area contributed by atoms with E-state index in [-0.39, 0.29) is 11.9 Å². The smallest absolute Gasteiger partial charge is 0.233 e. The molecule has 0 bridgehead atoms. The van der Waals surface area contributed by atoms with Gasteiger partial charge in [-0.1, -0.05) is 31.2 Å². The van der Waals surface area contributed by atoms with Crippen LogP contribution in [0.25, 0.3) is 0 Å². The lowest BCUT2D eigenvalue weighted by molar-refractivity contribution is -0.119. The molecule has 3 heteroatoms. The van der Waals surface area contributed by atoms with Crippen molar-refractivity contribution in [3.8, 4) is 0 Å². The molecule has 88 valence electrons. The molecule has 0 aliphatic carbocycles. The summed E-state index contributed by atoms with van der Waals surface area (Å²) in [6.07, 6.45) is 1.06. The van der Waals surface area contributed by atoms with Crippen LogP contribution in [0.2, 0.25) is 0 Å². The topological polar surface area (TPSA) is 41.1 Å². The van der Waals surface area contributed by atoms with Crippen LogP contribution in [0.3, 0.4) is 0 Å². The van der Waals surface area contributed by atoms with Crippen LogP contribution in [0.5, 0.6) is 0 Å². The second-order valence-electron chi connectivity index (χ2n) is 3.87. The van der Waals surface area contributed by atoms with Crippen LogP contribution in [0, 0.1) is 0 Å². The minimum absolute atomic E-state index is 0.0111. The van der Waals surface area contributed by atoms with Gasteiger partial charge in [0, 0.05) is 13.1 Å². The van der Waals surface area contributed by atoms with E-state index in [0.717, 1.165) is 6.42 Å². The van der Waals surface area contributed by atoms with Crippen LogP contribution >= 0.6 is 0 Å². The Kier molecular flexibility index (Phi) is 4.99. The zero-order chi connectivity index (χ0) is 12.0. The van der Waals surface area contributed by atoms with E-state index in [1.165, 1.54) is 11.1 Å². The molecule has 0 aliphatic rings. The second-order valence-corrected chi connectivity index (χ2v) is 3.87. The SMILES string of the molecule is CCc1ccc(C(C)NCC(=O)NC)cc1. The van der Waals surface area contributed by atoms with Crippen LogP contribution in [-0.2, 0) is 11.2 Å². The maximum atomic E-state index is 11.1. The van der Waals surface area contributed by atoms with Crippen molar-refractivity contribution in [3.05, 3.63) is 35.4 Å². The number of carbonyl (C=O) groups is 1. The minimum Gasteiger partial charge on any atom is -0.358 e. The van der Waals surface area contributed by atoms with E-state index in [0.29, 0.717) is 6.54 Å². The molecule has 1 amide bonds. The minimum atomic E-state index is 0.0111. The maximum absolute atomic E-state index is 11.1. The van der Waals surface area contributed by atoms with Gasteiger partial charge in [-0.2, -0.15) is 0 Å². The molecule has 3 nitrogen and oxygen atoms in total. The fourth-order valence-electron chi connectivity index (χ4n) is 1.49. The number of carbonyl (C=O) groups excluding carboxylic acids is 1. The predicted molar refractivity (Wildman–Crippen MR) is 66.3 cm³/mol. The van der Waals surface area contributed by atoms with Crippen molar-refractivity contribution in [2.75, 3.05) is 13.6 Å². The average molecular weight is 220 g/mol. The lowest BCUT2D eigenvalue weighted by Gasteiger charge is -2.13. The van der Waals surface area contributed by atoms with E-state index in [1.807, 2.05) is 0 Å². The standard InChI is InChI=1S/C13H20N2O/c1-4-11-5-7-12(8-6-11)10(2)15-9-13(16)14-3/h5-8,10,15H,4,9H2,1-3H3,(H,14,16). The van der Waals surface area contributed by atoms with Gasteiger partial charge in [-0.15, -0.1) is 0 Å². The summed E-state index contributed by atoms with van der Waals surface area (Å²) in [7, 11) is 1.64. The average Bonchev–Trinajstić information content (AvgIpc) is 2.35. The molecule has 0 aromatic heterocycles. The van der Waals surface area contributed by atoms with E-state index in [1.54, 1.807) is 7.05 Å². The molecule has 0 saturated carbocycles. The predicted octanol–water partition coefficient (Wildman–Crippen LogP) is 1.65. The molecule has 2 N–H and O–H groups in total. The summed E-state index contributed by atoms with van der Waals surface area (Å²) in [6.45, 7) is 4.55. The van der Waals surface area contributed by atoms with Crippen LogP contribution in [-0.4, -0.2) is 19.5 Å². The Morgan fingerprint density at radius 2 is 1.94 bits per heavy atom. The van der Waals surface area contributed by atoms with Crippen molar-refractivity contribution < 1.29 is 4.79 Å². The summed E-state index contributed by atoms with van der Waals surface area (Å²) in [6, 6.07) is 8.69. The Hall–Kier alpha value is -1.35. The van der Waals surface area contributed by atoms with E-state index < -0.39 is 0 Å². The Morgan fingerprint density at radius 1 is 1.31 bits per heavy atom. The van der Waals surface area contributed by atoms with Crippen LogP contribution in [0.4, 0.5) is 0 Å². The fourth-order valence-corrected chi connectivity index (χ4v) is 1.49. The number of likely N-dealkylation sites (N-methyl/N-ethyl adjacent to an activating group) is 1. The molecule has 1 rings (SSSR count). The first-order valence-corrected chi connectivity index (χ1v) is 5.70. The highest BCUT2D eigenvalue weighted by atomic mass is 16.1. The van der Waals surface area contributed by atoms with Crippen LogP contribution < -0.4 is 10.6 Å². The maximum Gasteiger partial charge on any atom is 0.233 e. The third-order valence-corrected chi connectivity index (χ3v) is 2.74.